The number of nitrogen functional groups attached to an aromatic ring is 1. The van der Waals surface area contributed by atoms with Crippen molar-refractivity contribution in [2.24, 2.45) is 0 Å². The van der Waals surface area contributed by atoms with Gasteiger partial charge in [0.2, 0.25) is 5.95 Å². The summed E-state index contributed by atoms with van der Waals surface area (Å²) in [6.07, 6.45) is 2.65. The van der Waals surface area contributed by atoms with Crippen LogP contribution in [0.2, 0.25) is 0 Å². The highest BCUT2D eigenvalue weighted by Gasteiger charge is 2.20. The zero-order valence-corrected chi connectivity index (χ0v) is 13.1. The standard InChI is InChI=1S/C14H21N7O2/c1-22-5-3-21-9-17-20-13(21)7-16-12-6-11(18-14(15)19-12)10-2-4-23-8-10/h6,9-10H,2-5,7-8H2,1H3,(H3,15,16,18,19)/t10-/m0/s1. The molecule has 1 fully saturated rings. The molecule has 1 aliphatic rings. The third kappa shape index (κ3) is 3.93. The van der Waals surface area contributed by atoms with Gasteiger partial charge in [-0.25, -0.2) is 4.98 Å². The molecule has 0 spiro atoms. The first-order valence-electron chi connectivity index (χ1n) is 7.58. The number of nitrogens with zero attached hydrogens (tertiary/aromatic N) is 5. The van der Waals surface area contributed by atoms with E-state index in [2.05, 4.69) is 25.5 Å². The first-order valence-corrected chi connectivity index (χ1v) is 7.58. The summed E-state index contributed by atoms with van der Waals surface area (Å²) in [7, 11) is 1.67. The zero-order valence-electron chi connectivity index (χ0n) is 13.1. The van der Waals surface area contributed by atoms with E-state index in [4.69, 9.17) is 15.2 Å². The number of nitrogens with one attached hydrogen (secondary N) is 1. The van der Waals surface area contributed by atoms with Gasteiger partial charge in [0.25, 0.3) is 0 Å². The van der Waals surface area contributed by atoms with Gasteiger partial charge in [0.1, 0.15) is 12.1 Å². The third-order valence-electron chi connectivity index (χ3n) is 3.77. The van der Waals surface area contributed by atoms with Crippen LogP contribution in [0.25, 0.3) is 0 Å². The van der Waals surface area contributed by atoms with Crippen LogP contribution in [0.5, 0.6) is 0 Å². The molecular weight excluding hydrogens is 298 g/mol. The van der Waals surface area contributed by atoms with Gasteiger partial charge in [0.05, 0.1) is 25.5 Å². The molecule has 2 aromatic rings. The van der Waals surface area contributed by atoms with Crippen molar-refractivity contribution >= 4 is 11.8 Å². The fraction of sp³-hybridized carbons (Fsp3) is 0.571. The van der Waals surface area contributed by atoms with Crippen molar-refractivity contribution in [2.45, 2.75) is 25.4 Å². The molecule has 0 bridgehead atoms. The Hall–Kier alpha value is -2.26. The Bertz CT molecular complexity index is 640. The molecule has 3 heterocycles. The number of hydrogen-bond acceptors (Lipinski definition) is 8. The largest absolute Gasteiger partial charge is 0.383 e. The van der Waals surface area contributed by atoms with E-state index in [9.17, 15) is 0 Å². The summed E-state index contributed by atoms with van der Waals surface area (Å²) in [5.41, 5.74) is 6.73. The highest BCUT2D eigenvalue weighted by atomic mass is 16.5. The van der Waals surface area contributed by atoms with E-state index in [-0.39, 0.29) is 11.9 Å². The Morgan fingerprint density at radius 3 is 3.17 bits per heavy atom. The summed E-state index contributed by atoms with van der Waals surface area (Å²) >= 11 is 0. The zero-order chi connectivity index (χ0) is 16.1. The minimum atomic E-state index is 0.262. The van der Waals surface area contributed by atoms with Gasteiger partial charge in [-0.15, -0.1) is 10.2 Å². The normalized spacial score (nSPS) is 17.5. The second-order valence-electron chi connectivity index (χ2n) is 5.38. The van der Waals surface area contributed by atoms with E-state index in [0.29, 0.717) is 32.1 Å². The van der Waals surface area contributed by atoms with Gasteiger partial charge in [-0.2, -0.15) is 4.98 Å². The number of nitrogens with two attached hydrogens (primary N) is 1. The van der Waals surface area contributed by atoms with Gasteiger partial charge in [-0.1, -0.05) is 0 Å². The maximum atomic E-state index is 5.82. The molecule has 2 aromatic heterocycles. The molecule has 1 aliphatic heterocycles. The summed E-state index contributed by atoms with van der Waals surface area (Å²) in [4.78, 5) is 8.54. The highest BCUT2D eigenvalue weighted by molar-refractivity contribution is 5.41. The summed E-state index contributed by atoms with van der Waals surface area (Å²) in [5, 5.41) is 11.3. The molecule has 1 saturated heterocycles. The lowest BCUT2D eigenvalue weighted by Crippen LogP contribution is -2.13. The van der Waals surface area contributed by atoms with Crippen molar-refractivity contribution in [1.82, 2.24) is 24.7 Å². The second-order valence-corrected chi connectivity index (χ2v) is 5.38. The second kappa shape index (κ2) is 7.34. The molecule has 0 aliphatic carbocycles. The quantitative estimate of drug-likeness (QED) is 0.754. The van der Waals surface area contributed by atoms with Crippen molar-refractivity contribution in [3.8, 4) is 0 Å². The van der Waals surface area contributed by atoms with Gasteiger partial charge < -0.3 is 25.1 Å². The fourth-order valence-electron chi connectivity index (χ4n) is 2.51. The van der Waals surface area contributed by atoms with E-state index in [1.807, 2.05) is 10.6 Å². The summed E-state index contributed by atoms with van der Waals surface area (Å²) in [6.45, 7) is 3.26. The van der Waals surface area contributed by atoms with Crippen molar-refractivity contribution < 1.29 is 9.47 Å². The lowest BCUT2D eigenvalue weighted by Gasteiger charge is -2.11. The summed E-state index contributed by atoms with van der Waals surface area (Å²) in [5.74, 6) is 2.04. The van der Waals surface area contributed by atoms with Crippen LogP contribution in [0.4, 0.5) is 11.8 Å². The number of ether oxygens (including phenoxy) is 2. The first-order chi connectivity index (χ1) is 11.3. The van der Waals surface area contributed by atoms with Crippen LogP contribution < -0.4 is 11.1 Å². The van der Waals surface area contributed by atoms with Crippen LogP contribution in [0.15, 0.2) is 12.4 Å². The van der Waals surface area contributed by atoms with Gasteiger partial charge in [0, 0.05) is 32.2 Å². The van der Waals surface area contributed by atoms with Gasteiger partial charge in [-0.3, -0.25) is 0 Å². The molecule has 124 valence electrons. The predicted molar refractivity (Wildman–Crippen MR) is 83.8 cm³/mol. The van der Waals surface area contributed by atoms with Gasteiger partial charge >= 0.3 is 0 Å². The topological polar surface area (TPSA) is 113 Å². The molecule has 3 rings (SSSR count). The molecular formula is C14H21N7O2. The SMILES string of the molecule is COCCn1cnnc1CNc1cc([C@H]2CCOC2)nc(N)n1. The highest BCUT2D eigenvalue weighted by Crippen LogP contribution is 2.25. The lowest BCUT2D eigenvalue weighted by molar-refractivity contribution is 0.186. The van der Waals surface area contributed by atoms with Crippen LogP contribution in [0.3, 0.4) is 0 Å². The van der Waals surface area contributed by atoms with E-state index in [1.165, 1.54) is 0 Å². The Labute approximate surface area is 134 Å². The predicted octanol–water partition coefficient (Wildman–Crippen LogP) is 0.413. The molecule has 9 heteroatoms. The molecule has 0 aromatic carbocycles. The first kappa shape index (κ1) is 15.6. The van der Waals surface area contributed by atoms with Crippen molar-refractivity contribution in [3.05, 3.63) is 23.9 Å². The van der Waals surface area contributed by atoms with Crippen LogP contribution in [-0.2, 0) is 22.6 Å². The molecule has 0 unspecified atom stereocenters. The average molecular weight is 319 g/mol. The smallest absolute Gasteiger partial charge is 0.222 e. The van der Waals surface area contributed by atoms with Crippen LogP contribution in [-0.4, -0.2) is 51.7 Å². The van der Waals surface area contributed by atoms with Crippen molar-refractivity contribution in [3.63, 3.8) is 0 Å². The number of rotatable bonds is 7. The summed E-state index contributed by atoms with van der Waals surface area (Å²) < 4.78 is 12.4. The van der Waals surface area contributed by atoms with Crippen molar-refractivity contribution in [2.75, 3.05) is 38.0 Å². The van der Waals surface area contributed by atoms with Crippen LogP contribution in [0, 0.1) is 0 Å². The van der Waals surface area contributed by atoms with E-state index in [1.54, 1.807) is 13.4 Å². The van der Waals surface area contributed by atoms with Crippen LogP contribution >= 0.6 is 0 Å². The minimum absolute atomic E-state index is 0.262. The van der Waals surface area contributed by atoms with Gasteiger partial charge in [-0.05, 0) is 6.42 Å². The van der Waals surface area contributed by atoms with Crippen molar-refractivity contribution in [1.29, 1.82) is 0 Å². The maximum absolute atomic E-state index is 5.82. The molecule has 1 atom stereocenters. The fourth-order valence-corrected chi connectivity index (χ4v) is 2.51. The maximum Gasteiger partial charge on any atom is 0.222 e. The Balaban J connectivity index is 1.67. The van der Waals surface area contributed by atoms with E-state index >= 15 is 0 Å². The molecule has 23 heavy (non-hydrogen) atoms. The molecule has 0 radical (unpaired) electrons. The third-order valence-corrected chi connectivity index (χ3v) is 3.77. The molecule has 3 N–H and O–H groups in total. The summed E-state index contributed by atoms with van der Waals surface area (Å²) in [6, 6.07) is 1.92. The average Bonchev–Trinajstić information content (AvgIpc) is 3.22. The number of methoxy groups -OCH3 is 1. The monoisotopic (exact) mass is 319 g/mol. The van der Waals surface area contributed by atoms with Gasteiger partial charge in [0.15, 0.2) is 5.82 Å². The number of hydrogen-bond donors (Lipinski definition) is 2. The Morgan fingerprint density at radius 1 is 1.48 bits per heavy atom. The molecule has 0 saturated carbocycles. The van der Waals surface area contributed by atoms with E-state index < -0.39 is 0 Å². The Morgan fingerprint density at radius 2 is 2.39 bits per heavy atom. The number of aromatic nitrogens is 5. The number of anilines is 2. The molecule has 9 nitrogen and oxygen atoms in total. The minimum Gasteiger partial charge on any atom is -0.383 e. The lowest BCUT2D eigenvalue weighted by atomic mass is 10.0. The Kier molecular flexibility index (Phi) is 4.99. The molecule has 0 amide bonds. The van der Waals surface area contributed by atoms with Crippen LogP contribution in [0.1, 0.15) is 23.9 Å². The van der Waals surface area contributed by atoms with E-state index in [0.717, 1.165) is 24.5 Å².